The normalized spacial score (nSPS) is 10.8. The first-order valence-electron chi connectivity index (χ1n) is 10.4. The number of carbonyl (C=O) groups excluding carboxylic acids is 2. The minimum Gasteiger partial charge on any atom is -0.466 e. The van der Waals surface area contributed by atoms with Crippen molar-refractivity contribution in [1.29, 1.82) is 0 Å². The van der Waals surface area contributed by atoms with Crippen molar-refractivity contribution < 1.29 is 32.2 Å². The quantitative estimate of drug-likeness (QED) is 0.200. The third-order valence-electron chi connectivity index (χ3n) is 4.50. The molecule has 0 fully saturated rings. The first-order valence-corrected chi connectivity index (χ1v) is 10.4. The zero-order valence-corrected chi connectivity index (χ0v) is 17.1. The molecule has 0 spiro atoms. The second-order valence-electron chi connectivity index (χ2n) is 7.07. The van der Waals surface area contributed by atoms with Crippen LogP contribution in [0.4, 0.5) is 13.2 Å². The Bertz CT molecular complexity index is 635. The Morgan fingerprint density at radius 3 is 1.93 bits per heavy atom. The molecule has 1 aromatic carbocycles. The number of carbonyl (C=O) groups is 2. The van der Waals surface area contributed by atoms with E-state index in [9.17, 15) is 22.8 Å². The largest absolute Gasteiger partial charge is 0.466 e. The summed E-state index contributed by atoms with van der Waals surface area (Å²) in [4.78, 5) is 23.2. The first kappa shape index (κ1) is 25.0. The maximum Gasteiger partial charge on any atom is 0.306 e. The van der Waals surface area contributed by atoms with E-state index in [2.05, 4.69) is 6.92 Å². The van der Waals surface area contributed by atoms with Crippen molar-refractivity contribution in [1.82, 2.24) is 0 Å². The van der Waals surface area contributed by atoms with Crippen LogP contribution in [0.5, 0.6) is 0 Å². The number of esters is 2. The standard InChI is InChI=1S/C22H31F3O4/c1-2-3-4-5-6-7-8-9-13-28-21(26)11-10-12-22(27)29-16-17-14-19(24)20(25)15-18(17)23/h14-15H,2-13,16H2,1H3. The number of unbranched alkanes of at least 4 members (excludes halogenated alkanes) is 7. The van der Waals surface area contributed by atoms with Crippen molar-refractivity contribution in [3.8, 4) is 0 Å². The molecule has 1 rings (SSSR count). The van der Waals surface area contributed by atoms with Gasteiger partial charge in [-0.1, -0.05) is 51.9 Å². The fraction of sp³-hybridized carbons (Fsp3) is 0.636. The molecule has 29 heavy (non-hydrogen) atoms. The van der Waals surface area contributed by atoms with E-state index in [0.717, 1.165) is 19.3 Å². The number of benzene rings is 1. The van der Waals surface area contributed by atoms with Crippen LogP contribution in [0.2, 0.25) is 0 Å². The fourth-order valence-electron chi connectivity index (χ4n) is 2.78. The summed E-state index contributed by atoms with van der Waals surface area (Å²) >= 11 is 0. The van der Waals surface area contributed by atoms with Gasteiger partial charge in [-0.2, -0.15) is 0 Å². The van der Waals surface area contributed by atoms with Crippen LogP contribution in [-0.4, -0.2) is 18.5 Å². The minimum atomic E-state index is -1.30. The summed E-state index contributed by atoms with van der Waals surface area (Å²) in [5.41, 5.74) is -0.248. The molecule has 0 heterocycles. The summed E-state index contributed by atoms with van der Waals surface area (Å²) in [5, 5.41) is 0. The van der Waals surface area contributed by atoms with E-state index in [0.29, 0.717) is 18.7 Å². The Morgan fingerprint density at radius 2 is 1.28 bits per heavy atom. The highest BCUT2D eigenvalue weighted by molar-refractivity contribution is 5.72. The Hall–Kier alpha value is -2.05. The molecule has 0 radical (unpaired) electrons. The third-order valence-corrected chi connectivity index (χ3v) is 4.50. The van der Waals surface area contributed by atoms with Gasteiger partial charge in [-0.15, -0.1) is 0 Å². The molecule has 0 atom stereocenters. The van der Waals surface area contributed by atoms with Crippen molar-refractivity contribution in [2.24, 2.45) is 0 Å². The molecule has 164 valence electrons. The average Bonchev–Trinajstić information content (AvgIpc) is 2.68. The van der Waals surface area contributed by atoms with Gasteiger partial charge in [-0.05, 0) is 18.9 Å². The predicted octanol–water partition coefficient (Wildman–Crippen LogP) is 6.00. The van der Waals surface area contributed by atoms with E-state index in [1.54, 1.807) is 0 Å². The molecule has 0 aromatic heterocycles. The summed E-state index contributed by atoms with van der Waals surface area (Å²) in [5.74, 6) is -4.52. The highest BCUT2D eigenvalue weighted by Gasteiger charge is 2.12. The van der Waals surface area contributed by atoms with Crippen LogP contribution in [0.15, 0.2) is 12.1 Å². The van der Waals surface area contributed by atoms with Gasteiger partial charge in [0.1, 0.15) is 12.4 Å². The first-order chi connectivity index (χ1) is 13.9. The molecule has 0 unspecified atom stereocenters. The lowest BCUT2D eigenvalue weighted by Crippen LogP contribution is -2.09. The van der Waals surface area contributed by atoms with E-state index >= 15 is 0 Å². The van der Waals surface area contributed by atoms with Crippen LogP contribution in [0.1, 0.15) is 83.1 Å². The Labute approximate surface area is 170 Å². The van der Waals surface area contributed by atoms with E-state index in [1.807, 2.05) is 0 Å². The van der Waals surface area contributed by atoms with Crippen LogP contribution < -0.4 is 0 Å². The molecule has 7 heteroatoms. The van der Waals surface area contributed by atoms with Gasteiger partial charge in [0.2, 0.25) is 0 Å². The topological polar surface area (TPSA) is 52.6 Å². The van der Waals surface area contributed by atoms with E-state index in [4.69, 9.17) is 9.47 Å². The molecule has 0 bridgehead atoms. The third kappa shape index (κ3) is 11.5. The highest BCUT2D eigenvalue weighted by atomic mass is 19.2. The summed E-state index contributed by atoms with van der Waals surface area (Å²) in [6.07, 6.45) is 9.58. The van der Waals surface area contributed by atoms with Gasteiger partial charge in [0.25, 0.3) is 0 Å². The molecule has 0 aliphatic carbocycles. The van der Waals surface area contributed by atoms with Crippen LogP contribution in [0, 0.1) is 17.5 Å². The Kier molecular flexibility index (Phi) is 12.8. The zero-order chi connectivity index (χ0) is 21.5. The molecule has 4 nitrogen and oxygen atoms in total. The molecule has 0 saturated heterocycles. The number of hydrogen-bond donors (Lipinski definition) is 0. The number of halogens is 3. The summed E-state index contributed by atoms with van der Waals surface area (Å²) < 4.78 is 49.3. The Morgan fingerprint density at radius 1 is 0.724 bits per heavy atom. The Balaban J connectivity index is 2.05. The highest BCUT2D eigenvalue weighted by Crippen LogP contribution is 2.15. The van der Waals surface area contributed by atoms with Crippen LogP contribution in [0.25, 0.3) is 0 Å². The minimum absolute atomic E-state index is 0.0435. The number of ether oxygens (including phenoxy) is 2. The van der Waals surface area contributed by atoms with Gasteiger partial charge in [0.05, 0.1) is 6.61 Å². The molecule has 0 amide bonds. The maximum absolute atomic E-state index is 13.4. The molecule has 0 N–H and O–H groups in total. The van der Waals surface area contributed by atoms with Crippen molar-refractivity contribution in [3.63, 3.8) is 0 Å². The molecule has 0 aliphatic heterocycles. The lowest BCUT2D eigenvalue weighted by Gasteiger charge is -2.07. The van der Waals surface area contributed by atoms with E-state index in [-0.39, 0.29) is 30.8 Å². The van der Waals surface area contributed by atoms with E-state index < -0.39 is 30.0 Å². The second-order valence-corrected chi connectivity index (χ2v) is 7.07. The lowest BCUT2D eigenvalue weighted by atomic mass is 10.1. The number of rotatable bonds is 15. The maximum atomic E-state index is 13.4. The zero-order valence-electron chi connectivity index (χ0n) is 17.1. The summed E-state index contributed by atoms with van der Waals surface area (Å²) in [6, 6.07) is 1.06. The van der Waals surface area contributed by atoms with Gasteiger partial charge in [-0.3, -0.25) is 9.59 Å². The number of hydrogen-bond acceptors (Lipinski definition) is 4. The van der Waals surface area contributed by atoms with Gasteiger partial charge in [-0.25, -0.2) is 13.2 Å². The van der Waals surface area contributed by atoms with Gasteiger partial charge < -0.3 is 9.47 Å². The fourth-order valence-corrected chi connectivity index (χ4v) is 2.78. The average molecular weight is 416 g/mol. The lowest BCUT2D eigenvalue weighted by molar-refractivity contribution is -0.146. The summed E-state index contributed by atoms with van der Waals surface area (Å²) in [7, 11) is 0. The smallest absolute Gasteiger partial charge is 0.306 e. The van der Waals surface area contributed by atoms with Gasteiger partial charge in [0.15, 0.2) is 11.6 Å². The van der Waals surface area contributed by atoms with Crippen molar-refractivity contribution in [3.05, 3.63) is 35.1 Å². The van der Waals surface area contributed by atoms with Crippen molar-refractivity contribution in [2.75, 3.05) is 6.61 Å². The van der Waals surface area contributed by atoms with Crippen LogP contribution in [-0.2, 0) is 25.7 Å². The van der Waals surface area contributed by atoms with Gasteiger partial charge >= 0.3 is 11.9 Å². The van der Waals surface area contributed by atoms with Crippen LogP contribution in [0.3, 0.4) is 0 Å². The second kappa shape index (κ2) is 14.9. The monoisotopic (exact) mass is 416 g/mol. The molecular formula is C22H31F3O4. The molecule has 0 aliphatic rings. The van der Waals surface area contributed by atoms with Crippen molar-refractivity contribution in [2.45, 2.75) is 84.2 Å². The van der Waals surface area contributed by atoms with E-state index in [1.165, 1.54) is 32.1 Å². The molecule has 1 aromatic rings. The van der Waals surface area contributed by atoms with Crippen molar-refractivity contribution >= 4 is 11.9 Å². The summed E-state index contributed by atoms with van der Waals surface area (Å²) in [6.45, 7) is 2.08. The van der Waals surface area contributed by atoms with Crippen LogP contribution >= 0.6 is 0 Å². The predicted molar refractivity (Wildman–Crippen MR) is 104 cm³/mol. The molecular weight excluding hydrogens is 385 g/mol. The molecule has 0 saturated carbocycles. The van der Waals surface area contributed by atoms with Gasteiger partial charge in [0, 0.05) is 24.5 Å². The SMILES string of the molecule is CCCCCCCCCCOC(=O)CCCC(=O)OCc1cc(F)c(F)cc1F.